The highest BCUT2D eigenvalue weighted by molar-refractivity contribution is 5.67. The molecular weight excluding hydrogens is 192 g/mol. The van der Waals surface area contributed by atoms with Crippen molar-refractivity contribution in [2.24, 2.45) is 5.92 Å². The smallest absolute Gasteiger partial charge is 0.00671 e. The second kappa shape index (κ2) is 3.48. The highest BCUT2D eigenvalue weighted by Gasteiger charge is 2.22. The highest BCUT2D eigenvalue weighted by Crippen LogP contribution is 2.36. The van der Waals surface area contributed by atoms with E-state index in [9.17, 15) is 0 Å². The molecule has 0 nitrogen and oxygen atoms in total. The highest BCUT2D eigenvalue weighted by atomic mass is 14.3. The van der Waals surface area contributed by atoms with Crippen molar-refractivity contribution in [1.82, 2.24) is 0 Å². The Kier molecular flexibility index (Phi) is 2.10. The number of rotatable bonds is 0. The van der Waals surface area contributed by atoms with Crippen LogP contribution in [0.1, 0.15) is 25.0 Å². The van der Waals surface area contributed by atoms with Crippen molar-refractivity contribution >= 4 is 6.08 Å². The Bertz CT molecular complexity index is 527. The van der Waals surface area contributed by atoms with E-state index in [-0.39, 0.29) is 0 Å². The summed E-state index contributed by atoms with van der Waals surface area (Å²) in [6.07, 6.45) is 8.20. The van der Waals surface area contributed by atoms with E-state index in [0.717, 1.165) is 6.42 Å². The maximum Gasteiger partial charge on any atom is 0.00671 e. The SMILES string of the molecule is CC1=C[C@H]2Cc3ccccc3C=C2C(C)=C1. The van der Waals surface area contributed by atoms with Crippen LogP contribution in [0.4, 0.5) is 0 Å². The van der Waals surface area contributed by atoms with E-state index in [0.29, 0.717) is 5.92 Å². The first-order valence-electron chi connectivity index (χ1n) is 5.90. The van der Waals surface area contributed by atoms with E-state index in [4.69, 9.17) is 0 Å². The molecule has 80 valence electrons. The first-order chi connectivity index (χ1) is 7.74. The van der Waals surface area contributed by atoms with Crippen LogP contribution >= 0.6 is 0 Å². The molecule has 0 bridgehead atoms. The minimum Gasteiger partial charge on any atom is -0.0737 e. The van der Waals surface area contributed by atoms with Gasteiger partial charge in [0.25, 0.3) is 0 Å². The molecule has 2 aliphatic carbocycles. The topological polar surface area (TPSA) is 0 Å². The molecule has 0 N–H and O–H groups in total. The minimum atomic E-state index is 0.597. The Morgan fingerprint density at radius 2 is 1.88 bits per heavy atom. The molecule has 0 spiro atoms. The summed E-state index contributed by atoms with van der Waals surface area (Å²) < 4.78 is 0. The molecule has 0 saturated heterocycles. The fraction of sp³-hybridized carbons (Fsp3) is 0.250. The first-order valence-corrected chi connectivity index (χ1v) is 5.90. The number of hydrogen-bond acceptors (Lipinski definition) is 0. The molecule has 0 unspecified atom stereocenters. The summed E-state index contributed by atoms with van der Waals surface area (Å²) in [7, 11) is 0. The second-order valence-corrected chi connectivity index (χ2v) is 4.85. The molecule has 0 aliphatic heterocycles. The van der Waals surface area contributed by atoms with Crippen LogP contribution in [-0.4, -0.2) is 0 Å². The summed E-state index contributed by atoms with van der Waals surface area (Å²) in [6.45, 7) is 4.42. The molecule has 1 aromatic carbocycles. The van der Waals surface area contributed by atoms with Crippen molar-refractivity contribution in [3.63, 3.8) is 0 Å². The van der Waals surface area contributed by atoms with Gasteiger partial charge in [0.15, 0.2) is 0 Å². The molecule has 0 heterocycles. The van der Waals surface area contributed by atoms with Crippen molar-refractivity contribution in [2.45, 2.75) is 20.3 Å². The fourth-order valence-corrected chi connectivity index (χ4v) is 2.83. The standard InChI is InChI=1S/C16H16/c1-11-7-12(2)16-10-14-6-4-3-5-13(14)9-15(16)8-11/h3-8,10,15H,9H2,1-2H3/t15-/m0/s1. The fourth-order valence-electron chi connectivity index (χ4n) is 2.83. The van der Waals surface area contributed by atoms with Gasteiger partial charge in [-0.1, -0.05) is 48.1 Å². The van der Waals surface area contributed by atoms with Crippen molar-refractivity contribution in [3.05, 3.63) is 64.3 Å². The average Bonchev–Trinajstić information content (AvgIpc) is 2.27. The van der Waals surface area contributed by atoms with Crippen molar-refractivity contribution < 1.29 is 0 Å². The van der Waals surface area contributed by atoms with E-state index >= 15 is 0 Å². The van der Waals surface area contributed by atoms with Gasteiger partial charge in [-0.2, -0.15) is 0 Å². The molecule has 0 radical (unpaired) electrons. The van der Waals surface area contributed by atoms with Gasteiger partial charge in [0.1, 0.15) is 0 Å². The third-order valence-electron chi connectivity index (χ3n) is 3.57. The van der Waals surface area contributed by atoms with E-state index in [2.05, 4.69) is 56.3 Å². The van der Waals surface area contributed by atoms with Gasteiger partial charge in [0, 0.05) is 5.92 Å². The zero-order chi connectivity index (χ0) is 11.1. The Labute approximate surface area is 97.0 Å². The largest absolute Gasteiger partial charge is 0.0737 e. The van der Waals surface area contributed by atoms with Crippen LogP contribution in [0, 0.1) is 5.92 Å². The molecule has 16 heavy (non-hydrogen) atoms. The third-order valence-corrected chi connectivity index (χ3v) is 3.57. The van der Waals surface area contributed by atoms with E-state index in [1.807, 2.05) is 0 Å². The Morgan fingerprint density at radius 1 is 1.06 bits per heavy atom. The first kappa shape index (κ1) is 9.65. The molecule has 0 aromatic heterocycles. The molecule has 0 heteroatoms. The zero-order valence-corrected chi connectivity index (χ0v) is 9.83. The number of benzene rings is 1. The van der Waals surface area contributed by atoms with Gasteiger partial charge in [-0.15, -0.1) is 0 Å². The van der Waals surface area contributed by atoms with Crippen LogP contribution in [0.15, 0.2) is 53.1 Å². The van der Waals surface area contributed by atoms with Gasteiger partial charge >= 0.3 is 0 Å². The third kappa shape index (κ3) is 1.46. The van der Waals surface area contributed by atoms with Crippen LogP contribution in [0.25, 0.3) is 6.08 Å². The number of hydrogen-bond donors (Lipinski definition) is 0. The van der Waals surface area contributed by atoms with Crippen LogP contribution in [0.3, 0.4) is 0 Å². The molecule has 1 aromatic rings. The summed E-state index contributed by atoms with van der Waals surface area (Å²) in [4.78, 5) is 0. The summed E-state index contributed by atoms with van der Waals surface area (Å²) in [5.41, 5.74) is 7.22. The monoisotopic (exact) mass is 208 g/mol. The Hall–Kier alpha value is -1.56. The normalized spacial score (nSPS) is 22.6. The maximum atomic E-state index is 2.40. The zero-order valence-electron chi connectivity index (χ0n) is 9.83. The predicted octanol–water partition coefficient (Wildman–Crippen LogP) is 4.15. The quantitative estimate of drug-likeness (QED) is 0.601. The number of fused-ring (bicyclic) bond motifs is 2. The van der Waals surface area contributed by atoms with E-state index in [1.54, 1.807) is 0 Å². The molecule has 2 aliphatic rings. The van der Waals surface area contributed by atoms with Gasteiger partial charge in [-0.05, 0) is 42.5 Å². The molecule has 1 atom stereocenters. The molecule has 0 amide bonds. The van der Waals surface area contributed by atoms with Crippen LogP contribution in [-0.2, 0) is 6.42 Å². The van der Waals surface area contributed by atoms with Crippen LogP contribution < -0.4 is 0 Å². The summed E-state index contributed by atoms with van der Waals surface area (Å²) in [5.74, 6) is 0.597. The summed E-state index contributed by atoms with van der Waals surface area (Å²) in [5, 5.41) is 0. The van der Waals surface area contributed by atoms with Crippen molar-refractivity contribution in [1.29, 1.82) is 0 Å². The lowest BCUT2D eigenvalue weighted by molar-refractivity contribution is 0.740. The second-order valence-electron chi connectivity index (χ2n) is 4.85. The van der Waals surface area contributed by atoms with Gasteiger partial charge in [0.05, 0.1) is 0 Å². The Balaban J connectivity index is 2.14. The van der Waals surface area contributed by atoms with E-state index < -0.39 is 0 Å². The van der Waals surface area contributed by atoms with E-state index in [1.165, 1.54) is 27.8 Å². The van der Waals surface area contributed by atoms with Gasteiger partial charge in [-0.25, -0.2) is 0 Å². The molecule has 3 rings (SSSR count). The van der Waals surface area contributed by atoms with Gasteiger partial charge in [0.2, 0.25) is 0 Å². The van der Waals surface area contributed by atoms with Crippen molar-refractivity contribution in [3.8, 4) is 0 Å². The van der Waals surface area contributed by atoms with Crippen LogP contribution in [0.2, 0.25) is 0 Å². The molecule has 0 saturated carbocycles. The van der Waals surface area contributed by atoms with Gasteiger partial charge < -0.3 is 0 Å². The number of allylic oxidation sites excluding steroid dienone is 5. The average molecular weight is 208 g/mol. The Morgan fingerprint density at radius 3 is 2.75 bits per heavy atom. The van der Waals surface area contributed by atoms with Crippen LogP contribution in [0.5, 0.6) is 0 Å². The summed E-state index contributed by atoms with van der Waals surface area (Å²) >= 11 is 0. The van der Waals surface area contributed by atoms with Crippen molar-refractivity contribution in [2.75, 3.05) is 0 Å². The lowest BCUT2D eigenvalue weighted by Crippen LogP contribution is -2.14. The van der Waals surface area contributed by atoms with Gasteiger partial charge in [-0.3, -0.25) is 0 Å². The minimum absolute atomic E-state index is 0.597. The summed E-state index contributed by atoms with van der Waals surface area (Å²) in [6, 6.07) is 8.73. The molecular formula is C16H16. The maximum absolute atomic E-state index is 2.40. The lowest BCUT2D eigenvalue weighted by Gasteiger charge is -2.27. The molecule has 0 fully saturated rings. The lowest BCUT2D eigenvalue weighted by atomic mass is 9.77. The predicted molar refractivity (Wildman–Crippen MR) is 69.1 cm³/mol.